The zero-order chi connectivity index (χ0) is 12.2. The molecule has 1 aliphatic rings. The van der Waals surface area contributed by atoms with Crippen molar-refractivity contribution in [2.45, 2.75) is 31.8 Å². The van der Waals surface area contributed by atoms with Gasteiger partial charge in [0.1, 0.15) is 0 Å². The predicted molar refractivity (Wildman–Crippen MR) is 72.4 cm³/mol. The molecule has 1 atom stereocenters. The van der Waals surface area contributed by atoms with Gasteiger partial charge in [0, 0.05) is 17.8 Å². The first-order valence-electron chi connectivity index (χ1n) is 6.71. The maximum Gasteiger partial charge on any atom is 0.0659 e. The molecule has 0 spiro atoms. The van der Waals surface area contributed by atoms with E-state index in [9.17, 15) is 0 Å². The quantitative estimate of drug-likeness (QED) is 0.895. The standard InChI is InChI=1S/C15H19N3/c1-2-6-13(7-3-1)11-18-12-14(10-17-18)15-8-4-5-9-16-15/h1-3,6-7,10,12,15-16H,4-5,8-9,11H2. The molecule has 18 heavy (non-hydrogen) atoms. The molecule has 0 amide bonds. The molecule has 94 valence electrons. The average Bonchev–Trinajstić information content (AvgIpc) is 2.89. The lowest BCUT2D eigenvalue weighted by Crippen LogP contribution is -2.26. The summed E-state index contributed by atoms with van der Waals surface area (Å²) in [5, 5.41) is 8.02. The summed E-state index contributed by atoms with van der Waals surface area (Å²) in [7, 11) is 0. The fourth-order valence-corrected chi connectivity index (χ4v) is 2.55. The van der Waals surface area contributed by atoms with Gasteiger partial charge in [0.25, 0.3) is 0 Å². The summed E-state index contributed by atoms with van der Waals surface area (Å²) in [6.45, 7) is 1.99. The molecule has 3 heteroatoms. The molecule has 1 aromatic carbocycles. The fourth-order valence-electron chi connectivity index (χ4n) is 2.55. The first-order valence-corrected chi connectivity index (χ1v) is 6.71. The third-order valence-electron chi connectivity index (χ3n) is 3.55. The van der Waals surface area contributed by atoms with Crippen molar-refractivity contribution >= 4 is 0 Å². The van der Waals surface area contributed by atoms with Gasteiger partial charge >= 0.3 is 0 Å². The lowest BCUT2D eigenvalue weighted by atomic mass is 10.0. The lowest BCUT2D eigenvalue weighted by Gasteiger charge is -2.22. The van der Waals surface area contributed by atoms with Gasteiger partial charge in [-0.15, -0.1) is 0 Å². The van der Waals surface area contributed by atoms with Crippen molar-refractivity contribution in [2.24, 2.45) is 0 Å². The maximum atomic E-state index is 4.46. The Morgan fingerprint density at radius 3 is 2.89 bits per heavy atom. The fraction of sp³-hybridized carbons (Fsp3) is 0.400. The van der Waals surface area contributed by atoms with E-state index < -0.39 is 0 Å². The molecule has 3 rings (SSSR count). The van der Waals surface area contributed by atoms with Crippen LogP contribution in [0.1, 0.15) is 36.4 Å². The summed E-state index contributed by atoms with van der Waals surface area (Å²) in [4.78, 5) is 0. The van der Waals surface area contributed by atoms with E-state index in [0.717, 1.165) is 13.1 Å². The smallest absolute Gasteiger partial charge is 0.0659 e. The lowest BCUT2D eigenvalue weighted by molar-refractivity contribution is 0.412. The second-order valence-corrected chi connectivity index (χ2v) is 4.96. The van der Waals surface area contributed by atoms with Gasteiger partial charge in [0.2, 0.25) is 0 Å². The van der Waals surface area contributed by atoms with Crippen LogP contribution in [0.15, 0.2) is 42.7 Å². The van der Waals surface area contributed by atoms with E-state index in [-0.39, 0.29) is 0 Å². The van der Waals surface area contributed by atoms with E-state index in [1.54, 1.807) is 0 Å². The van der Waals surface area contributed by atoms with Crippen LogP contribution in [0.3, 0.4) is 0 Å². The third kappa shape index (κ3) is 2.62. The van der Waals surface area contributed by atoms with Crippen molar-refractivity contribution in [1.29, 1.82) is 0 Å². The average molecular weight is 241 g/mol. The van der Waals surface area contributed by atoms with Crippen molar-refractivity contribution in [3.63, 3.8) is 0 Å². The Labute approximate surface area is 108 Å². The summed E-state index contributed by atoms with van der Waals surface area (Å²) >= 11 is 0. The highest BCUT2D eigenvalue weighted by Crippen LogP contribution is 2.22. The van der Waals surface area contributed by atoms with Crippen molar-refractivity contribution in [3.8, 4) is 0 Å². The highest BCUT2D eigenvalue weighted by molar-refractivity contribution is 5.16. The second-order valence-electron chi connectivity index (χ2n) is 4.96. The molecular formula is C15H19N3. The Balaban J connectivity index is 1.69. The molecule has 1 aromatic heterocycles. The van der Waals surface area contributed by atoms with Crippen LogP contribution in [-0.4, -0.2) is 16.3 Å². The van der Waals surface area contributed by atoms with Crippen LogP contribution in [-0.2, 0) is 6.54 Å². The number of nitrogens with zero attached hydrogens (tertiary/aromatic N) is 2. The summed E-state index contributed by atoms with van der Waals surface area (Å²) in [6.07, 6.45) is 8.04. The summed E-state index contributed by atoms with van der Waals surface area (Å²) < 4.78 is 2.03. The molecule has 0 saturated carbocycles. The summed E-state index contributed by atoms with van der Waals surface area (Å²) in [5.74, 6) is 0. The van der Waals surface area contributed by atoms with E-state index in [2.05, 4.69) is 40.9 Å². The van der Waals surface area contributed by atoms with E-state index >= 15 is 0 Å². The molecule has 0 bridgehead atoms. The van der Waals surface area contributed by atoms with Gasteiger partial charge in [0.05, 0.1) is 12.7 Å². The summed E-state index contributed by atoms with van der Waals surface area (Å²) in [6, 6.07) is 11.0. The van der Waals surface area contributed by atoms with Crippen LogP contribution in [0.2, 0.25) is 0 Å². The number of benzene rings is 1. The van der Waals surface area contributed by atoms with Gasteiger partial charge < -0.3 is 5.32 Å². The predicted octanol–water partition coefficient (Wildman–Crippen LogP) is 2.75. The highest BCUT2D eigenvalue weighted by Gasteiger charge is 2.15. The Morgan fingerprint density at radius 2 is 2.11 bits per heavy atom. The Hall–Kier alpha value is -1.61. The minimum atomic E-state index is 0.503. The van der Waals surface area contributed by atoms with E-state index in [1.807, 2.05) is 16.9 Å². The molecule has 1 aliphatic heterocycles. The zero-order valence-corrected chi connectivity index (χ0v) is 10.5. The molecule has 3 nitrogen and oxygen atoms in total. The largest absolute Gasteiger partial charge is 0.310 e. The Morgan fingerprint density at radius 1 is 1.22 bits per heavy atom. The molecule has 1 fully saturated rings. The van der Waals surface area contributed by atoms with Crippen molar-refractivity contribution < 1.29 is 0 Å². The van der Waals surface area contributed by atoms with E-state index in [4.69, 9.17) is 0 Å². The van der Waals surface area contributed by atoms with Crippen LogP contribution in [0.25, 0.3) is 0 Å². The molecule has 0 radical (unpaired) electrons. The van der Waals surface area contributed by atoms with E-state index in [1.165, 1.54) is 30.4 Å². The number of nitrogens with one attached hydrogen (secondary N) is 1. The number of hydrogen-bond acceptors (Lipinski definition) is 2. The van der Waals surface area contributed by atoms with Crippen LogP contribution in [0.5, 0.6) is 0 Å². The van der Waals surface area contributed by atoms with Gasteiger partial charge in [0.15, 0.2) is 0 Å². The van der Waals surface area contributed by atoms with Crippen LogP contribution >= 0.6 is 0 Å². The third-order valence-corrected chi connectivity index (χ3v) is 3.55. The molecule has 0 aliphatic carbocycles. The SMILES string of the molecule is c1ccc(Cn2cc(C3CCCCN3)cn2)cc1. The van der Waals surface area contributed by atoms with Gasteiger partial charge in [-0.2, -0.15) is 5.10 Å². The normalized spacial score (nSPS) is 19.9. The monoisotopic (exact) mass is 241 g/mol. The minimum absolute atomic E-state index is 0.503. The van der Waals surface area contributed by atoms with Crippen molar-refractivity contribution in [3.05, 3.63) is 53.9 Å². The van der Waals surface area contributed by atoms with Crippen molar-refractivity contribution in [2.75, 3.05) is 6.54 Å². The number of piperidine rings is 1. The number of aromatic nitrogens is 2. The minimum Gasteiger partial charge on any atom is -0.310 e. The first kappa shape index (κ1) is 11.5. The number of hydrogen-bond donors (Lipinski definition) is 1. The Bertz CT molecular complexity index is 483. The Kier molecular flexibility index (Phi) is 3.42. The molecule has 1 N–H and O–H groups in total. The number of rotatable bonds is 3. The molecule has 2 aromatic rings. The van der Waals surface area contributed by atoms with Crippen molar-refractivity contribution in [1.82, 2.24) is 15.1 Å². The topological polar surface area (TPSA) is 29.9 Å². The summed E-state index contributed by atoms with van der Waals surface area (Å²) in [5.41, 5.74) is 2.62. The maximum absolute atomic E-state index is 4.46. The van der Waals surface area contributed by atoms with Gasteiger partial charge in [-0.25, -0.2) is 0 Å². The van der Waals surface area contributed by atoms with E-state index in [0.29, 0.717) is 6.04 Å². The molecular weight excluding hydrogens is 222 g/mol. The highest BCUT2D eigenvalue weighted by atomic mass is 15.3. The van der Waals surface area contributed by atoms with Gasteiger partial charge in [-0.3, -0.25) is 4.68 Å². The van der Waals surface area contributed by atoms with Gasteiger partial charge in [-0.05, 0) is 24.9 Å². The second kappa shape index (κ2) is 5.36. The molecule has 1 unspecified atom stereocenters. The van der Waals surface area contributed by atoms with Crippen LogP contribution in [0, 0.1) is 0 Å². The zero-order valence-electron chi connectivity index (χ0n) is 10.5. The van der Waals surface area contributed by atoms with Crippen LogP contribution < -0.4 is 5.32 Å². The van der Waals surface area contributed by atoms with Crippen LogP contribution in [0.4, 0.5) is 0 Å². The van der Waals surface area contributed by atoms with Gasteiger partial charge in [-0.1, -0.05) is 36.8 Å². The first-order chi connectivity index (χ1) is 8.92. The molecule has 1 saturated heterocycles. The molecule has 2 heterocycles.